The highest BCUT2D eigenvalue weighted by molar-refractivity contribution is 6.30. The van der Waals surface area contributed by atoms with E-state index in [-0.39, 0.29) is 0 Å². The van der Waals surface area contributed by atoms with Crippen LogP contribution in [0.15, 0.2) is 30.6 Å². The number of nitrogens with zero attached hydrogens (tertiary/aromatic N) is 5. The minimum Gasteiger partial charge on any atom is -0.353 e. The normalized spacial score (nSPS) is 15.2. The van der Waals surface area contributed by atoms with E-state index in [9.17, 15) is 0 Å². The predicted octanol–water partition coefficient (Wildman–Crippen LogP) is 3.19. The van der Waals surface area contributed by atoms with Gasteiger partial charge in [0.2, 0.25) is 11.9 Å². The first kappa shape index (κ1) is 16.9. The van der Waals surface area contributed by atoms with Gasteiger partial charge >= 0.3 is 0 Å². The molecule has 1 aliphatic heterocycles. The predicted molar refractivity (Wildman–Crippen MR) is 98.1 cm³/mol. The lowest BCUT2D eigenvalue weighted by Crippen LogP contribution is -2.34. The van der Waals surface area contributed by atoms with Crippen LogP contribution in [0.5, 0.6) is 0 Å². The summed E-state index contributed by atoms with van der Waals surface area (Å²) in [5.74, 6) is 1.19. The summed E-state index contributed by atoms with van der Waals surface area (Å²) in [5, 5.41) is 3.98. The van der Waals surface area contributed by atoms with Crippen molar-refractivity contribution in [2.45, 2.75) is 19.3 Å². The van der Waals surface area contributed by atoms with Gasteiger partial charge in [0, 0.05) is 30.8 Å². The van der Waals surface area contributed by atoms with Gasteiger partial charge in [0.05, 0.1) is 0 Å². The van der Waals surface area contributed by atoms with Crippen molar-refractivity contribution >= 4 is 29.2 Å². The fourth-order valence-electron chi connectivity index (χ4n) is 2.84. The highest BCUT2D eigenvalue weighted by atomic mass is 35.5. The lowest BCUT2D eigenvalue weighted by molar-refractivity contribution is 0.237. The van der Waals surface area contributed by atoms with E-state index in [2.05, 4.69) is 25.2 Å². The number of hydrogen-bond donors (Lipinski definition) is 1. The van der Waals surface area contributed by atoms with E-state index in [0.717, 1.165) is 18.8 Å². The minimum absolute atomic E-state index is 0.590. The molecule has 0 radical (unpaired) electrons. The summed E-state index contributed by atoms with van der Waals surface area (Å²) in [6.45, 7) is 4.25. The molecule has 0 bridgehead atoms. The molecule has 0 amide bonds. The number of likely N-dealkylation sites (tertiary alicyclic amines) is 1. The average molecular weight is 347 g/mol. The van der Waals surface area contributed by atoms with Gasteiger partial charge in [0.25, 0.3) is 0 Å². The van der Waals surface area contributed by atoms with E-state index in [4.69, 9.17) is 11.6 Å². The third-order valence-corrected chi connectivity index (χ3v) is 4.45. The van der Waals surface area contributed by atoms with Crippen LogP contribution in [0, 0.1) is 0 Å². The number of piperidine rings is 1. The fourth-order valence-corrected chi connectivity index (χ4v) is 3.03. The zero-order valence-corrected chi connectivity index (χ0v) is 14.7. The van der Waals surface area contributed by atoms with Gasteiger partial charge in [-0.25, -0.2) is 9.97 Å². The molecule has 1 N–H and O–H groups in total. The van der Waals surface area contributed by atoms with Gasteiger partial charge in [-0.3, -0.25) is 0 Å². The monoisotopic (exact) mass is 346 g/mol. The second-order valence-electron chi connectivity index (χ2n) is 5.98. The highest BCUT2D eigenvalue weighted by Gasteiger charge is 2.11. The van der Waals surface area contributed by atoms with Gasteiger partial charge in [-0.05, 0) is 44.1 Å². The quantitative estimate of drug-likeness (QED) is 0.866. The molecule has 1 fully saturated rings. The van der Waals surface area contributed by atoms with E-state index in [1.54, 1.807) is 0 Å². The average Bonchev–Trinajstić information content (AvgIpc) is 2.62. The van der Waals surface area contributed by atoms with Gasteiger partial charge in [-0.2, -0.15) is 4.98 Å². The van der Waals surface area contributed by atoms with Gasteiger partial charge in [0.1, 0.15) is 6.33 Å². The Hall–Kier alpha value is -1.92. The van der Waals surface area contributed by atoms with E-state index < -0.39 is 0 Å². The molecule has 1 saturated heterocycles. The number of hydrogen-bond acceptors (Lipinski definition) is 6. The number of aromatic nitrogens is 3. The van der Waals surface area contributed by atoms with Gasteiger partial charge in [0.15, 0.2) is 0 Å². The number of nitrogens with one attached hydrogen (secondary N) is 1. The SMILES string of the molecule is CN(c1cccc(Cl)c1)c1ncnc(NCCN2CCCCC2)n1. The maximum atomic E-state index is 6.05. The Bertz CT molecular complexity index is 659. The lowest BCUT2D eigenvalue weighted by atomic mass is 10.1. The Morgan fingerprint density at radius 1 is 1.21 bits per heavy atom. The molecule has 128 valence electrons. The molecule has 7 heteroatoms. The van der Waals surface area contributed by atoms with Gasteiger partial charge in [-0.1, -0.05) is 24.1 Å². The summed E-state index contributed by atoms with van der Waals surface area (Å²) in [5.41, 5.74) is 0.938. The lowest BCUT2D eigenvalue weighted by Gasteiger charge is -2.26. The zero-order valence-electron chi connectivity index (χ0n) is 14.0. The largest absolute Gasteiger partial charge is 0.353 e. The van der Waals surface area contributed by atoms with Crippen molar-refractivity contribution in [1.29, 1.82) is 0 Å². The Labute approximate surface area is 147 Å². The first-order chi connectivity index (χ1) is 11.7. The van der Waals surface area contributed by atoms with E-state index in [1.165, 1.54) is 38.7 Å². The van der Waals surface area contributed by atoms with Crippen LogP contribution in [0.4, 0.5) is 17.6 Å². The number of benzene rings is 1. The van der Waals surface area contributed by atoms with Crippen molar-refractivity contribution in [1.82, 2.24) is 19.9 Å². The summed E-state index contributed by atoms with van der Waals surface area (Å²) < 4.78 is 0. The molecule has 6 nitrogen and oxygen atoms in total. The Morgan fingerprint density at radius 2 is 2.04 bits per heavy atom. The molecular formula is C17H23ClN6. The first-order valence-corrected chi connectivity index (χ1v) is 8.75. The van der Waals surface area contributed by atoms with Crippen LogP contribution in [0.2, 0.25) is 5.02 Å². The van der Waals surface area contributed by atoms with Crippen molar-refractivity contribution < 1.29 is 0 Å². The summed E-state index contributed by atoms with van der Waals surface area (Å²) >= 11 is 6.05. The third kappa shape index (κ3) is 4.55. The van der Waals surface area contributed by atoms with Crippen molar-refractivity contribution in [3.05, 3.63) is 35.6 Å². The summed E-state index contributed by atoms with van der Waals surface area (Å²) in [7, 11) is 1.92. The third-order valence-electron chi connectivity index (χ3n) is 4.21. The van der Waals surface area contributed by atoms with Crippen LogP contribution < -0.4 is 10.2 Å². The summed E-state index contributed by atoms with van der Waals surface area (Å²) in [4.78, 5) is 17.3. The van der Waals surface area contributed by atoms with E-state index in [1.807, 2.05) is 36.2 Å². The second-order valence-corrected chi connectivity index (χ2v) is 6.41. The maximum Gasteiger partial charge on any atom is 0.234 e. The number of halogens is 1. The van der Waals surface area contributed by atoms with Crippen molar-refractivity contribution in [2.75, 3.05) is 43.4 Å². The first-order valence-electron chi connectivity index (χ1n) is 8.37. The van der Waals surface area contributed by atoms with Crippen LogP contribution >= 0.6 is 11.6 Å². The molecule has 3 rings (SSSR count). The molecule has 0 saturated carbocycles. The van der Waals surface area contributed by atoms with Crippen LogP contribution in [0.25, 0.3) is 0 Å². The van der Waals surface area contributed by atoms with Crippen molar-refractivity contribution in [2.24, 2.45) is 0 Å². The molecule has 0 atom stereocenters. The van der Waals surface area contributed by atoms with Crippen molar-refractivity contribution in [3.63, 3.8) is 0 Å². The molecule has 0 aliphatic carbocycles. The van der Waals surface area contributed by atoms with Gasteiger partial charge in [-0.15, -0.1) is 0 Å². The van der Waals surface area contributed by atoms with E-state index in [0.29, 0.717) is 16.9 Å². The Kier molecular flexibility index (Phi) is 5.82. The van der Waals surface area contributed by atoms with Crippen molar-refractivity contribution in [3.8, 4) is 0 Å². The smallest absolute Gasteiger partial charge is 0.234 e. The zero-order chi connectivity index (χ0) is 16.8. The van der Waals surface area contributed by atoms with Gasteiger partial charge < -0.3 is 15.1 Å². The fraction of sp³-hybridized carbons (Fsp3) is 0.471. The van der Waals surface area contributed by atoms with Crippen LogP contribution in [-0.2, 0) is 0 Å². The van der Waals surface area contributed by atoms with Crippen LogP contribution in [0.1, 0.15) is 19.3 Å². The minimum atomic E-state index is 0.590. The van der Waals surface area contributed by atoms with E-state index >= 15 is 0 Å². The molecule has 2 heterocycles. The molecule has 0 spiro atoms. The molecule has 24 heavy (non-hydrogen) atoms. The molecule has 0 unspecified atom stereocenters. The molecule has 1 aromatic carbocycles. The topological polar surface area (TPSA) is 57.2 Å². The summed E-state index contributed by atoms with van der Waals surface area (Å²) in [6, 6.07) is 7.61. The highest BCUT2D eigenvalue weighted by Crippen LogP contribution is 2.23. The maximum absolute atomic E-state index is 6.05. The number of anilines is 3. The standard InChI is InChI=1S/C17H23ClN6/c1-23(15-7-5-6-14(18)12-15)17-21-13-20-16(22-17)19-8-11-24-9-3-2-4-10-24/h5-7,12-13H,2-4,8-11H2,1H3,(H,19,20,21,22). The molecule has 1 aliphatic rings. The molecular weight excluding hydrogens is 324 g/mol. The Morgan fingerprint density at radius 3 is 2.83 bits per heavy atom. The molecule has 1 aromatic heterocycles. The second kappa shape index (κ2) is 8.26. The van der Waals surface area contributed by atoms with Crippen LogP contribution in [0.3, 0.4) is 0 Å². The molecule has 2 aromatic rings. The number of rotatable bonds is 6. The Balaban J connectivity index is 1.59. The van der Waals surface area contributed by atoms with Crippen LogP contribution in [-0.4, -0.2) is 53.1 Å². The summed E-state index contributed by atoms with van der Waals surface area (Å²) in [6.07, 6.45) is 5.50.